The Morgan fingerprint density at radius 2 is 1.79 bits per heavy atom. The van der Waals surface area contributed by atoms with Gasteiger partial charge in [0.2, 0.25) is 5.17 Å². The number of carbonyl (C=O) groups excluding carboxylic acids is 1. The van der Waals surface area contributed by atoms with Gasteiger partial charge in [-0.2, -0.15) is 15.1 Å². The Morgan fingerprint density at radius 1 is 1.06 bits per heavy atom. The first kappa shape index (κ1) is 24.2. The number of aliphatic imine (C=N–C) groups is 1. The zero-order chi connectivity index (χ0) is 24.2. The first-order valence-electron chi connectivity index (χ1n) is 12.2. The number of aromatic nitrogens is 1. The SMILES string of the molecule is CCCCCCCC1=NN2C(=N)C(=Cc3cc(C)n(-c4ccc(CC)cc4)c3C)C(=O)N=C2S1. The predicted octanol–water partition coefficient (Wildman–Crippen LogP) is 6.64. The molecule has 0 radical (unpaired) electrons. The number of hydrazone groups is 1. The van der Waals surface area contributed by atoms with Gasteiger partial charge >= 0.3 is 0 Å². The van der Waals surface area contributed by atoms with E-state index in [0.29, 0.717) is 5.17 Å². The molecule has 1 N–H and O–H groups in total. The van der Waals surface area contributed by atoms with Crippen LogP contribution in [0.4, 0.5) is 0 Å². The second kappa shape index (κ2) is 10.6. The van der Waals surface area contributed by atoms with Crippen LogP contribution in [-0.4, -0.2) is 31.5 Å². The molecule has 2 aliphatic rings. The summed E-state index contributed by atoms with van der Waals surface area (Å²) in [5, 5.41) is 16.2. The zero-order valence-corrected chi connectivity index (χ0v) is 21.3. The highest BCUT2D eigenvalue weighted by Gasteiger charge is 2.35. The Balaban J connectivity index is 1.55. The van der Waals surface area contributed by atoms with Gasteiger partial charge in [-0.15, -0.1) is 0 Å². The Morgan fingerprint density at radius 3 is 2.50 bits per heavy atom. The van der Waals surface area contributed by atoms with Crippen molar-refractivity contribution < 1.29 is 4.79 Å². The van der Waals surface area contributed by atoms with Crippen molar-refractivity contribution >= 4 is 39.8 Å². The van der Waals surface area contributed by atoms with Crippen molar-refractivity contribution in [1.82, 2.24) is 9.58 Å². The van der Waals surface area contributed by atoms with E-state index in [1.165, 1.54) is 48.0 Å². The van der Waals surface area contributed by atoms with E-state index in [-0.39, 0.29) is 17.3 Å². The summed E-state index contributed by atoms with van der Waals surface area (Å²) in [6.07, 6.45) is 9.63. The molecule has 0 atom stereocenters. The number of carbonyl (C=O) groups is 1. The Labute approximate surface area is 206 Å². The second-order valence-corrected chi connectivity index (χ2v) is 9.90. The van der Waals surface area contributed by atoms with E-state index in [0.717, 1.165) is 46.9 Å². The van der Waals surface area contributed by atoms with Crippen LogP contribution < -0.4 is 0 Å². The molecule has 0 spiro atoms. The monoisotopic (exact) mass is 475 g/mol. The van der Waals surface area contributed by atoms with E-state index in [9.17, 15) is 4.79 Å². The molecule has 6 nitrogen and oxygen atoms in total. The highest BCUT2D eigenvalue weighted by atomic mass is 32.2. The van der Waals surface area contributed by atoms with Crippen molar-refractivity contribution in [3.63, 3.8) is 0 Å². The lowest BCUT2D eigenvalue weighted by molar-refractivity contribution is -0.114. The summed E-state index contributed by atoms with van der Waals surface area (Å²) in [7, 11) is 0. The number of fused-ring (bicyclic) bond motifs is 1. The van der Waals surface area contributed by atoms with E-state index in [4.69, 9.17) is 5.41 Å². The summed E-state index contributed by atoms with van der Waals surface area (Å²) in [6, 6.07) is 10.6. The largest absolute Gasteiger partial charge is 0.318 e. The molecule has 0 saturated heterocycles. The lowest BCUT2D eigenvalue weighted by Gasteiger charge is -2.20. The maximum absolute atomic E-state index is 12.8. The number of nitrogens with zero attached hydrogens (tertiary/aromatic N) is 4. The van der Waals surface area contributed by atoms with Gasteiger partial charge in [-0.05, 0) is 80.3 Å². The van der Waals surface area contributed by atoms with Gasteiger partial charge in [-0.3, -0.25) is 10.2 Å². The number of rotatable bonds is 9. The van der Waals surface area contributed by atoms with Crippen LogP contribution in [0.1, 0.15) is 74.9 Å². The van der Waals surface area contributed by atoms with Crippen LogP contribution in [0.2, 0.25) is 0 Å². The predicted molar refractivity (Wildman–Crippen MR) is 143 cm³/mol. The average Bonchev–Trinajstić information content (AvgIpc) is 3.36. The van der Waals surface area contributed by atoms with E-state index < -0.39 is 0 Å². The van der Waals surface area contributed by atoms with Gasteiger partial charge in [-0.25, -0.2) is 0 Å². The number of amidine groups is 2. The fourth-order valence-corrected chi connectivity index (χ4v) is 5.31. The highest BCUT2D eigenvalue weighted by molar-refractivity contribution is 8.26. The van der Waals surface area contributed by atoms with Gasteiger partial charge in [0.1, 0.15) is 5.04 Å². The molecule has 0 aliphatic carbocycles. The molecule has 3 heterocycles. The van der Waals surface area contributed by atoms with Crippen LogP contribution in [0.25, 0.3) is 11.8 Å². The number of thioether (sulfide) groups is 1. The summed E-state index contributed by atoms with van der Waals surface area (Å²) in [6.45, 7) is 8.46. The third-order valence-electron chi connectivity index (χ3n) is 6.36. The maximum Gasteiger partial charge on any atom is 0.283 e. The molecule has 1 amide bonds. The number of benzene rings is 1. The van der Waals surface area contributed by atoms with Gasteiger partial charge < -0.3 is 4.57 Å². The van der Waals surface area contributed by atoms with Crippen LogP contribution >= 0.6 is 11.8 Å². The number of hydrogen-bond donors (Lipinski definition) is 1. The molecule has 178 valence electrons. The molecule has 0 saturated carbocycles. The molecule has 2 aromatic rings. The fraction of sp³-hybridized carbons (Fsp3) is 0.407. The highest BCUT2D eigenvalue weighted by Crippen LogP contribution is 2.31. The van der Waals surface area contributed by atoms with E-state index in [2.05, 4.69) is 65.8 Å². The first-order chi connectivity index (χ1) is 16.4. The molecule has 0 bridgehead atoms. The molecule has 4 rings (SSSR count). The summed E-state index contributed by atoms with van der Waals surface area (Å²) in [5.74, 6) is -0.277. The molecule has 0 fully saturated rings. The average molecular weight is 476 g/mol. The number of aryl methyl sites for hydroxylation is 2. The maximum atomic E-state index is 12.8. The van der Waals surface area contributed by atoms with E-state index in [1.54, 1.807) is 6.08 Å². The van der Waals surface area contributed by atoms with Crippen molar-refractivity contribution in [2.45, 2.75) is 72.6 Å². The minimum Gasteiger partial charge on any atom is -0.318 e. The smallest absolute Gasteiger partial charge is 0.283 e. The van der Waals surface area contributed by atoms with E-state index in [1.807, 2.05) is 6.92 Å². The van der Waals surface area contributed by atoms with Gasteiger partial charge in [0.25, 0.3) is 5.91 Å². The summed E-state index contributed by atoms with van der Waals surface area (Å²) in [5.41, 5.74) is 5.68. The van der Waals surface area contributed by atoms with E-state index >= 15 is 0 Å². The minimum absolute atomic E-state index is 0.0978. The Kier molecular flexibility index (Phi) is 7.51. The standard InChI is InChI=1S/C27H33N5OS/c1-5-7-8-9-10-11-24-30-32-25(28)23(26(33)29-27(32)34-24)17-21-16-18(3)31(19(21)4)22-14-12-20(6-2)13-15-22/h12-17,28H,5-11H2,1-4H3. The molecule has 2 aliphatic heterocycles. The second-order valence-electron chi connectivity index (χ2n) is 8.86. The molecular formula is C27H33N5OS. The van der Waals surface area contributed by atoms with Crippen molar-refractivity contribution in [2.24, 2.45) is 10.1 Å². The fourth-order valence-electron chi connectivity index (χ4n) is 4.38. The molecule has 1 aromatic carbocycles. The molecule has 7 heteroatoms. The third kappa shape index (κ3) is 4.94. The van der Waals surface area contributed by atoms with Crippen molar-refractivity contribution in [1.29, 1.82) is 5.41 Å². The third-order valence-corrected chi connectivity index (χ3v) is 7.33. The van der Waals surface area contributed by atoms with Crippen LogP contribution in [0, 0.1) is 19.3 Å². The van der Waals surface area contributed by atoms with Crippen LogP contribution in [0.15, 0.2) is 46.0 Å². The molecule has 1 aromatic heterocycles. The van der Waals surface area contributed by atoms with Gasteiger partial charge in [0, 0.05) is 17.1 Å². The number of unbranched alkanes of at least 4 members (excludes halogenated alkanes) is 4. The molecule has 0 unspecified atom stereocenters. The first-order valence-corrected chi connectivity index (χ1v) is 13.0. The summed E-state index contributed by atoms with van der Waals surface area (Å²) >= 11 is 1.42. The van der Waals surface area contributed by atoms with Crippen LogP contribution in [-0.2, 0) is 11.2 Å². The van der Waals surface area contributed by atoms with Crippen molar-refractivity contribution in [3.8, 4) is 5.69 Å². The minimum atomic E-state index is -0.375. The quantitative estimate of drug-likeness (QED) is 0.326. The summed E-state index contributed by atoms with van der Waals surface area (Å²) in [4.78, 5) is 17.1. The lowest BCUT2D eigenvalue weighted by atomic mass is 10.1. The lowest BCUT2D eigenvalue weighted by Crippen LogP contribution is -2.35. The molecule has 34 heavy (non-hydrogen) atoms. The number of nitrogens with one attached hydrogen (secondary N) is 1. The number of hydrogen-bond acceptors (Lipinski definition) is 4. The number of amides is 1. The van der Waals surface area contributed by atoms with Crippen LogP contribution in [0.5, 0.6) is 0 Å². The Bertz CT molecular complexity index is 1190. The van der Waals surface area contributed by atoms with Gasteiger partial charge in [-0.1, -0.05) is 51.7 Å². The zero-order valence-electron chi connectivity index (χ0n) is 20.5. The normalized spacial score (nSPS) is 16.8. The van der Waals surface area contributed by atoms with Crippen molar-refractivity contribution in [3.05, 3.63) is 58.4 Å². The molecular weight excluding hydrogens is 442 g/mol. The van der Waals surface area contributed by atoms with Crippen LogP contribution in [0.3, 0.4) is 0 Å². The Hall–Kier alpha value is -2.93. The van der Waals surface area contributed by atoms with Gasteiger partial charge in [0.05, 0.1) is 5.57 Å². The topological polar surface area (TPSA) is 73.8 Å². The van der Waals surface area contributed by atoms with Gasteiger partial charge in [0.15, 0.2) is 5.84 Å². The summed E-state index contributed by atoms with van der Waals surface area (Å²) < 4.78 is 2.18. The van der Waals surface area contributed by atoms with Crippen molar-refractivity contribution in [2.75, 3.05) is 0 Å².